The molecule has 2 rings (SSSR count). The molecule has 98 valence electrons. The molecule has 5 heteroatoms. The van der Waals surface area contributed by atoms with E-state index in [4.69, 9.17) is 4.74 Å². The molecule has 0 atom stereocenters. The highest BCUT2D eigenvalue weighted by atomic mass is 127. The number of halogens is 1. The van der Waals surface area contributed by atoms with Crippen molar-refractivity contribution in [3.8, 4) is 5.75 Å². The van der Waals surface area contributed by atoms with Gasteiger partial charge in [0.2, 0.25) is 0 Å². The molecule has 0 spiro atoms. The Morgan fingerprint density at radius 2 is 1.89 bits per heavy atom. The maximum Gasteiger partial charge on any atom is 0.272 e. The smallest absolute Gasteiger partial charge is 0.272 e. The zero-order valence-electron chi connectivity index (χ0n) is 10.3. The van der Waals surface area contributed by atoms with Gasteiger partial charge in [0, 0.05) is 15.2 Å². The SMILES string of the molecule is Cc1c(COc2ccc(I)cc2)cccc1[N+](=O)[O-]. The summed E-state index contributed by atoms with van der Waals surface area (Å²) >= 11 is 2.22. The minimum Gasteiger partial charge on any atom is -0.489 e. The molecule has 0 radical (unpaired) electrons. The number of hydrogen-bond donors (Lipinski definition) is 0. The van der Waals surface area contributed by atoms with Crippen LogP contribution in [0.1, 0.15) is 11.1 Å². The molecule has 0 aromatic heterocycles. The van der Waals surface area contributed by atoms with Crippen molar-refractivity contribution in [2.75, 3.05) is 0 Å². The van der Waals surface area contributed by atoms with E-state index in [-0.39, 0.29) is 10.6 Å². The van der Waals surface area contributed by atoms with E-state index < -0.39 is 0 Å². The van der Waals surface area contributed by atoms with Crippen molar-refractivity contribution in [1.82, 2.24) is 0 Å². The second kappa shape index (κ2) is 6.01. The third-order valence-corrected chi connectivity index (χ3v) is 3.54. The van der Waals surface area contributed by atoms with Crippen molar-refractivity contribution in [2.24, 2.45) is 0 Å². The van der Waals surface area contributed by atoms with Crippen LogP contribution in [0.2, 0.25) is 0 Å². The molecule has 19 heavy (non-hydrogen) atoms. The molecule has 0 amide bonds. The van der Waals surface area contributed by atoms with Gasteiger partial charge in [0.1, 0.15) is 12.4 Å². The molecule has 0 N–H and O–H groups in total. The summed E-state index contributed by atoms with van der Waals surface area (Å²) in [5.41, 5.74) is 1.61. The van der Waals surface area contributed by atoms with E-state index >= 15 is 0 Å². The zero-order valence-corrected chi connectivity index (χ0v) is 12.5. The summed E-state index contributed by atoms with van der Waals surface area (Å²) in [5.74, 6) is 0.756. The molecule has 0 aliphatic heterocycles. The number of rotatable bonds is 4. The van der Waals surface area contributed by atoms with E-state index in [1.54, 1.807) is 13.0 Å². The number of nitrogens with zero attached hydrogens (tertiary/aromatic N) is 1. The second-order valence-electron chi connectivity index (χ2n) is 4.06. The predicted molar refractivity (Wildman–Crippen MR) is 81.3 cm³/mol. The second-order valence-corrected chi connectivity index (χ2v) is 5.31. The molecular weight excluding hydrogens is 357 g/mol. The van der Waals surface area contributed by atoms with Crippen molar-refractivity contribution in [2.45, 2.75) is 13.5 Å². The molecule has 0 fully saturated rings. The van der Waals surface area contributed by atoms with Gasteiger partial charge in [0.25, 0.3) is 5.69 Å². The van der Waals surface area contributed by atoms with Gasteiger partial charge in [-0.3, -0.25) is 10.1 Å². The number of ether oxygens (including phenoxy) is 1. The first-order valence-corrected chi connectivity index (χ1v) is 6.77. The standard InChI is InChI=1S/C14H12INO3/c1-10-11(3-2-4-14(10)16(17)18)9-19-13-7-5-12(15)6-8-13/h2-8H,9H2,1H3. The molecule has 4 nitrogen and oxygen atoms in total. The fourth-order valence-electron chi connectivity index (χ4n) is 1.72. The van der Waals surface area contributed by atoms with Crippen molar-refractivity contribution >= 4 is 28.3 Å². The highest BCUT2D eigenvalue weighted by Crippen LogP contribution is 2.22. The summed E-state index contributed by atoms with van der Waals surface area (Å²) in [6.07, 6.45) is 0. The van der Waals surface area contributed by atoms with E-state index in [1.807, 2.05) is 30.3 Å². The Labute approximate surface area is 124 Å². The maximum atomic E-state index is 10.8. The van der Waals surface area contributed by atoms with Crippen LogP contribution in [0.25, 0.3) is 0 Å². The molecular formula is C14H12INO3. The van der Waals surface area contributed by atoms with E-state index in [1.165, 1.54) is 6.07 Å². The van der Waals surface area contributed by atoms with Crippen LogP contribution in [-0.4, -0.2) is 4.92 Å². The van der Waals surface area contributed by atoms with Crippen molar-refractivity contribution in [3.05, 3.63) is 67.3 Å². The van der Waals surface area contributed by atoms with Crippen LogP contribution in [0, 0.1) is 20.6 Å². The summed E-state index contributed by atoms with van der Waals surface area (Å²) < 4.78 is 6.77. The topological polar surface area (TPSA) is 52.4 Å². The maximum absolute atomic E-state index is 10.8. The van der Waals surface area contributed by atoms with Crippen molar-refractivity contribution in [3.63, 3.8) is 0 Å². The number of benzene rings is 2. The highest BCUT2D eigenvalue weighted by Gasteiger charge is 2.13. The van der Waals surface area contributed by atoms with Crippen LogP contribution in [0.4, 0.5) is 5.69 Å². The van der Waals surface area contributed by atoms with Crippen molar-refractivity contribution < 1.29 is 9.66 Å². The van der Waals surface area contributed by atoms with Gasteiger partial charge < -0.3 is 4.74 Å². The summed E-state index contributed by atoms with van der Waals surface area (Å²) in [5, 5.41) is 10.8. The van der Waals surface area contributed by atoms with E-state index in [2.05, 4.69) is 22.6 Å². The largest absolute Gasteiger partial charge is 0.489 e. The fraction of sp³-hybridized carbons (Fsp3) is 0.143. The van der Waals surface area contributed by atoms with Gasteiger partial charge in [-0.05, 0) is 59.3 Å². The average Bonchev–Trinajstić information content (AvgIpc) is 2.39. The molecule has 0 unspecified atom stereocenters. The Morgan fingerprint density at radius 1 is 1.21 bits per heavy atom. The van der Waals surface area contributed by atoms with Gasteiger partial charge in [0.15, 0.2) is 0 Å². The molecule has 0 saturated carbocycles. The molecule has 2 aromatic rings. The monoisotopic (exact) mass is 369 g/mol. The first-order chi connectivity index (χ1) is 9.08. The summed E-state index contributed by atoms with van der Waals surface area (Å²) in [7, 11) is 0. The van der Waals surface area contributed by atoms with Crippen LogP contribution in [-0.2, 0) is 6.61 Å². The average molecular weight is 369 g/mol. The highest BCUT2D eigenvalue weighted by molar-refractivity contribution is 14.1. The summed E-state index contributed by atoms with van der Waals surface area (Å²) in [4.78, 5) is 10.5. The van der Waals surface area contributed by atoms with Crippen LogP contribution < -0.4 is 4.74 Å². The normalized spacial score (nSPS) is 10.2. The lowest BCUT2D eigenvalue weighted by Gasteiger charge is -2.09. The van der Waals surface area contributed by atoms with Crippen LogP contribution >= 0.6 is 22.6 Å². The predicted octanol–water partition coefficient (Wildman–Crippen LogP) is 4.09. The molecule has 0 saturated heterocycles. The van der Waals surface area contributed by atoms with Gasteiger partial charge in [-0.15, -0.1) is 0 Å². The van der Waals surface area contributed by atoms with Gasteiger partial charge >= 0.3 is 0 Å². The zero-order chi connectivity index (χ0) is 13.8. The van der Waals surface area contributed by atoms with E-state index in [0.29, 0.717) is 12.2 Å². The van der Waals surface area contributed by atoms with Crippen LogP contribution in [0.15, 0.2) is 42.5 Å². The first kappa shape index (κ1) is 13.8. The van der Waals surface area contributed by atoms with Gasteiger partial charge in [-0.25, -0.2) is 0 Å². The molecule has 0 aliphatic carbocycles. The van der Waals surface area contributed by atoms with E-state index in [9.17, 15) is 10.1 Å². The third kappa shape index (κ3) is 3.44. The Kier molecular flexibility index (Phi) is 4.36. The number of nitro groups is 1. The molecule has 0 aliphatic rings. The van der Waals surface area contributed by atoms with Crippen LogP contribution in [0.3, 0.4) is 0 Å². The lowest BCUT2D eigenvalue weighted by Crippen LogP contribution is -2.00. The minimum absolute atomic E-state index is 0.128. The Hall–Kier alpha value is -1.63. The first-order valence-electron chi connectivity index (χ1n) is 5.69. The quantitative estimate of drug-likeness (QED) is 0.464. The summed E-state index contributed by atoms with van der Waals surface area (Å²) in [6.45, 7) is 2.07. The molecule has 0 heterocycles. The number of hydrogen-bond acceptors (Lipinski definition) is 3. The lowest BCUT2D eigenvalue weighted by atomic mass is 10.1. The third-order valence-electron chi connectivity index (χ3n) is 2.82. The Bertz CT molecular complexity index is 596. The minimum atomic E-state index is -0.371. The van der Waals surface area contributed by atoms with Gasteiger partial charge in [0.05, 0.1) is 4.92 Å². The molecule has 0 bridgehead atoms. The Morgan fingerprint density at radius 3 is 2.53 bits per heavy atom. The van der Waals surface area contributed by atoms with Crippen LogP contribution in [0.5, 0.6) is 5.75 Å². The lowest BCUT2D eigenvalue weighted by molar-refractivity contribution is -0.385. The van der Waals surface area contributed by atoms with Gasteiger partial charge in [-0.1, -0.05) is 12.1 Å². The number of nitro benzene ring substituents is 1. The molecule has 2 aromatic carbocycles. The Balaban J connectivity index is 2.13. The van der Waals surface area contributed by atoms with E-state index in [0.717, 1.165) is 14.9 Å². The van der Waals surface area contributed by atoms with Crippen molar-refractivity contribution in [1.29, 1.82) is 0 Å². The fourth-order valence-corrected chi connectivity index (χ4v) is 2.08. The van der Waals surface area contributed by atoms with Gasteiger partial charge in [-0.2, -0.15) is 0 Å². The summed E-state index contributed by atoms with van der Waals surface area (Å²) in [6, 6.07) is 12.7.